The first kappa shape index (κ1) is 16.6. The van der Waals surface area contributed by atoms with Crippen LogP contribution in [-0.2, 0) is 22.6 Å². The maximum Gasteiger partial charge on any atom is 0.258 e. The van der Waals surface area contributed by atoms with Crippen LogP contribution in [0.15, 0.2) is 47.1 Å². The number of amides is 2. The number of rotatable bonds is 8. The van der Waals surface area contributed by atoms with Gasteiger partial charge in [-0.05, 0) is 30.2 Å². The van der Waals surface area contributed by atoms with E-state index in [1.165, 1.54) is 6.26 Å². The zero-order valence-corrected chi connectivity index (χ0v) is 13.0. The second-order valence-electron chi connectivity index (χ2n) is 4.88. The lowest BCUT2D eigenvalue weighted by Gasteiger charge is -2.10. The lowest BCUT2D eigenvalue weighted by molar-refractivity contribution is -0.127. The van der Waals surface area contributed by atoms with Crippen LogP contribution in [0, 0.1) is 0 Å². The predicted molar refractivity (Wildman–Crippen MR) is 84.9 cm³/mol. The summed E-state index contributed by atoms with van der Waals surface area (Å²) in [4.78, 5) is 23.3. The van der Waals surface area contributed by atoms with Crippen LogP contribution in [0.2, 0.25) is 0 Å². The second-order valence-corrected chi connectivity index (χ2v) is 4.88. The van der Waals surface area contributed by atoms with Gasteiger partial charge in [-0.2, -0.15) is 0 Å². The monoisotopic (exact) mass is 316 g/mol. The molecule has 0 saturated heterocycles. The molecule has 0 fully saturated rings. The Morgan fingerprint density at radius 2 is 1.91 bits per heavy atom. The number of carbonyl (C=O) groups excluding carboxylic acids is 2. The standard InChI is InChI=1S/C17H20N2O4/c1-2-13-6-3-4-8-15(13)23-12-17(21)19-11-16(20)18-10-14-7-5-9-22-14/h3-9H,2,10-12H2,1H3,(H,18,20)(H,19,21). The van der Waals surface area contributed by atoms with E-state index in [2.05, 4.69) is 10.6 Å². The van der Waals surface area contributed by atoms with Gasteiger partial charge >= 0.3 is 0 Å². The number of nitrogens with one attached hydrogen (secondary N) is 2. The Labute approximate surface area is 134 Å². The number of furan rings is 1. The Balaban J connectivity index is 1.67. The van der Waals surface area contributed by atoms with Gasteiger partial charge in [0.1, 0.15) is 11.5 Å². The minimum absolute atomic E-state index is 0.0989. The molecule has 2 N–H and O–H groups in total. The Bertz CT molecular complexity index is 638. The zero-order valence-electron chi connectivity index (χ0n) is 13.0. The van der Waals surface area contributed by atoms with E-state index in [0.29, 0.717) is 18.1 Å². The maximum atomic E-state index is 11.7. The van der Waals surface area contributed by atoms with Gasteiger partial charge in [0.05, 0.1) is 19.4 Å². The molecule has 0 atom stereocenters. The van der Waals surface area contributed by atoms with Gasteiger partial charge in [0.2, 0.25) is 5.91 Å². The van der Waals surface area contributed by atoms with E-state index in [4.69, 9.17) is 9.15 Å². The molecule has 1 heterocycles. The van der Waals surface area contributed by atoms with E-state index >= 15 is 0 Å². The molecule has 2 amide bonds. The highest BCUT2D eigenvalue weighted by molar-refractivity contribution is 5.85. The van der Waals surface area contributed by atoms with Crippen molar-refractivity contribution in [3.05, 3.63) is 54.0 Å². The fourth-order valence-corrected chi connectivity index (χ4v) is 1.97. The van der Waals surface area contributed by atoms with E-state index < -0.39 is 0 Å². The minimum atomic E-state index is -0.343. The van der Waals surface area contributed by atoms with Crippen molar-refractivity contribution in [2.45, 2.75) is 19.9 Å². The van der Waals surface area contributed by atoms with E-state index in [0.717, 1.165) is 12.0 Å². The second kappa shape index (κ2) is 8.63. The van der Waals surface area contributed by atoms with Crippen LogP contribution in [-0.4, -0.2) is 25.0 Å². The lowest BCUT2D eigenvalue weighted by Crippen LogP contribution is -2.38. The molecule has 2 aromatic rings. The van der Waals surface area contributed by atoms with Crippen LogP contribution in [0.3, 0.4) is 0 Å². The Morgan fingerprint density at radius 3 is 2.65 bits per heavy atom. The van der Waals surface area contributed by atoms with Crippen LogP contribution in [0.5, 0.6) is 5.75 Å². The summed E-state index contributed by atoms with van der Waals surface area (Å²) in [5.74, 6) is 0.712. The van der Waals surface area contributed by atoms with Crippen molar-refractivity contribution in [1.82, 2.24) is 10.6 Å². The average molecular weight is 316 g/mol. The lowest BCUT2D eigenvalue weighted by atomic mass is 10.1. The van der Waals surface area contributed by atoms with Crippen LogP contribution in [0.4, 0.5) is 0 Å². The highest BCUT2D eigenvalue weighted by Gasteiger charge is 2.08. The first-order valence-electron chi connectivity index (χ1n) is 7.45. The maximum absolute atomic E-state index is 11.7. The fraction of sp³-hybridized carbons (Fsp3) is 0.294. The smallest absolute Gasteiger partial charge is 0.258 e. The van der Waals surface area contributed by atoms with Gasteiger partial charge in [-0.1, -0.05) is 25.1 Å². The molecule has 2 rings (SSSR count). The van der Waals surface area contributed by atoms with Crippen molar-refractivity contribution in [3.63, 3.8) is 0 Å². The molecule has 122 valence electrons. The first-order chi connectivity index (χ1) is 11.2. The van der Waals surface area contributed by atoms with Crippen molar-refractivity contribution >= 4 is 11.8 Å². The molecule has 0 saturated carbocycles. The SMILES string of the molecule is CCc1ccccc1OCC(=O)NCC(=O)NCc1ccco1. The molecule has 0 radical (unpaired) electrons. The third-order valence-corrected chi connectivity index (χ3v) is 3.20. The largest absolute Gasteiger partial charge is 0.483 e. The van der Waals surface area contributed by atoms with Gasteiger partial charge in [0, 0.05) is 0 Å². The summed E-state index contributed by atoms with van der Waals surface area (Å²) < 4.78 is 10.6. The molecule has 0 aliphatic heterocycles. The fourth-order valence-electron chi connectivity index (χ4n) is 1.97. The summed E-state index contributed by atoms with van der Waals surface area (Å²) in [5.41, 5.74) is 1.04. The molecule has 23 heavy (non-hydrogen) atoms. The van der Waals surface area contributed by atoms with E-state index in [1.807, 2.05) is 31.2 Å². The number of hydrogen-bond acceptors (Lipinski definition) is 4. The van der Waals surface area contributed by atoms with Crippen LogP contribution >= 0.6 is 0 Å². The van der Waals surface area contributed by atoms with Crippen molar-refractivity contribution < 1.29 is 18.7 Å². The Kier molecular flexibility index (Phi) is 6.23. The van der Waals surface area contributed by atoms with Crippen molar-refractivity contribution in [2.75, 3.05) is 13.2 Å². The summed E-state index contributed by atoms with van der Waals surface area (Å²) in [6, 6.07) is 11.1. The van der Waals surface area contributed by atoms with Crippen molar-refractivity contribution in [2.24, 2.45) is 0 Å². The number of hydrogen-bond donors (Lipinski definition) is 2. The van der Waals surface area contributed by atoms with Gasteiger partial charge in [-0.25, -0.2) is 0 Å². The van der Waals surface area contributed by atoms with Gasteiger partial charge in [0.25, 0.3) is 5.91 Å². The molecule has 6 nitrogen and oxygen atoms in total. The van der Waals surface area contributed by atoms with Crippen LogP contribution in [0.1, 0.15) is 18.2 Å². The summed E-state index contributed by atoms with van der Waals surface area (Å²) in [7, 11) is 0. The van der Waals surface area contributed by atoms with Crippen LogP contribution in [0.25, 0.3) is 0 Å². The Hall–Kier alpha value is -2.76. The Morgan fingerprint density at radius 1 is 1.09 bits per heavy atom. The molecule has 0 spiro atoms. The minimum Gasteiger partial charge on any atom is -0.483 e. The predicted octanol–water partition coefficient (Wildman–Crippen LogP) is 1.65. The molecule has 0 bridgehead atoms. The van der Waals surface area contributed by atoms with Gasteiger partial charge in [-0.3, -0.25) is 9.59 Å². The highest BCUT2D eigenvalue weighted by Crippen LogP contribution is 2.17. The third kappa shape index (κ3) is 5.50. The molecule has 0 unspecified atom stereocenters. The number of ether oxygens (including phenoxy) is 1. The van der Waals surface area contributed by atoms with E-state index in [-0.39, 0.29) is 25.0 Å². The quantitative estimate of drug-likeness (QED) is 0.776. The summed E-state index contributed by atoms with van der Waals surface area (Å²) in [6.45, 7) is 2.09. The van der Waals surface area contributed by atoms with Crippen molar-refractivity contribution in [1.29, 1.82) is 0 Å². The zero-order chi connectivity index (χ0) is 16.5. The van der Waals surface area contributed by atoms with Gasteiger partial charge in [0.15, 0.2) is 6.61 Å². The summed E-state index contributed by atoms with van der Waals surface area (Å²) >= 11 is 0. The third-order valence-electron chi connectivity index (χ3n) is 3.20. The van der Waals surface area contributed by atoms with Gasteiger partial charge in [-0.15, -0.1) is 0 Å². The highest BCUT2D eigenvalue weighted by atomic mass is 16.5. The van der Waals surface area contributed by atoms with E-state index in [1.54, 1.807) is 12.1 Å². The molecule has 1 aromatic carbocycles. The summed E-state index contributed by atoms with van der Waals surface area (Å²) in [5, 5.41) is 5.16. The number of benzene rings is 1. The molecular formula is C17H20N2O4. The van der Waals surface area contributed by atoms with Gasteiger partial charge < -0.3 is 19.8 Å². The molecule has 0 aliphatic rings. The number of aryl methyl sites for hydroxylation is 1. The number of carbonyl (C=O) groups is 2. The molecule has 1 aromatic heterocycles. The molecular weight excluding hydrogens is 296 g/mol. The average Bonchev–Trinajstić information content (AvgIpc) is 3.10. The summed E-state index contributed by atoms with van der Waals surface area (Å²) in [6.07, 6.45) is 2.36. The molecule has 0 aliphatic carbocycles. The first-order valence-corrected chi connectivity index (χ1v) is 7.45. The number of para-hydroxylation sites is 1. The van der Waals surface area contributed by atoms with E-state index in [9.17, 15) is 9.59 Å². The van der Waals surface area contributed by atoms with Crippen molar-refractivity contribution in [3.8, 4) is 5.75 Å². The topological polar surface area (TPSA) is 80.6 Å². The molecule has 6 heteroatoms. The van der Waals surface area contributed by atoms with Crippen LogP contribution < -0.4 is 15.4 Å². The normalized spacial score (nSPS) is 10.1.